The zero-order valence-electron chi connectivity index (χ0n) is 8.19. The van der Waals surface area contributed by atoms with Gasteiger partial charge in [0, 0.05) is 0 Å². The number of rotatable bonds is 5. The van der Waals surface area contributed by atoms with Crippen LogP contribution in [-0.4, -0.2) is 23.5 Å². The van der Waals surface area contributed by atoms with Gasteiger partial charge in [-0.15, -0.1) is 0 Å². The van der Waals surface area contributed by atoms with Crippen molar-refractivity contribution in [2.75, 3.05) is 0 Å². The molecule has 1 unspecified atom stereocenters. The Bertz CT molecular complexity index is 138. The monoisotopic (exact) mass is 188 g/mol. The predicted octanol–water partition coefficient (Wildman–Crippen LogP) is 1.23. The topological polar surface area (TPSA) is 74.6 Å². The van der Waals surface area contributed by atoms with Gasteiger partial charge in [0.05, 0.1) is 5.92 Å². The van der Waals surface area contributed by atoms with Crippen molar-refractivity contribution in [3.8, 4) is 0 Å². The molecular formula is C8H17BO4. The van der Waals surface area contributed by atoms with E-state index in [1.807, 2.05) is 6.92 Å². The molecule has 0 aromatic rings. The van der Waals surface area contributed by atoms with E-state index < -0.39 is 5.97 Å². The molecule has 0 spiro atoms. The summed E-state index contributed by atoms with van der Waals surface area (Å²) in [6.07, 6.45) is 3.71. The normalized spacial score (nSPS) is 10.6. The first-order valence-corrected chi connectivity index (χ1v) is 4.44. The number of carboxylic acid groups (broad SMARTS) is 1. The molecule has 0 aliphatic rings. The van der Waals surface area contributed by atoms with Crippen molar-refractivity contribution in [2.45, 2.75) is 39.5 Å². The summed E-state index contributed by atoms with van der Waals surface area (Å²) in [6.45, 7) is 4.00. The summed E-state index contributed by atoms with van der Waals surface area (Å²) in [6, 6.07) is 0. The molecule has 0 radical (unpaired) electrons. The molecule has 0 aromatic carbocycles. The fourth-order valence-electron chi connectivity index (χ4n) is 0.953. The Morgan fingerprint density at radius 3 is 2.15 bits per heavy atom. The minimum atomic E-state index is -0.643. The van der Waals surface area contributed by atoms with Crippen molar-refractivity contribution in [2.24, 2.45) is 5.92 Å². The van der Waals surface area contributed by atoms with E-state index in [9.17, 15) is 4.79 Å². The summed E-state index contributed by atoms with van der Waals surface area (Å²) >= 11 is 0. The molecule has 0 aliphatic carbocycles. The summed E-state index contributed by atoms with van der Waals surface area (Å²) in [5.74, 6) is -0.754. The Kier molecular flexibility index (Phi) is 12.5. The molecule has 2 N–H and O–H groups in total. The third kappa shape index (κ3) is 11.1. The van der Waals surface area contributed by atoms with Crippen molar-refractivity contribution in [3.05, 3.63) is 0 Å². The van der Waals surface area contributed by atoms with E-state index in [1.54, 1.807) is 0 Å². The Morgan fingerprint density at radius 1 is 1.46 bits per heavy atom. The zero-order chi connectivity index (χ0) is 10.7. The molecule has 0 fully saturated rings. The number of carboxylic acids is 1. The zero-order valence-corrected chi connectivity index (χ0v) is 8.19. The van der Waals surface area contributed by atoms with Crippen LogP contribution in [0.25, 0.3) is 0 Å². The van der Waals surface area contributed by atoms with Crippen LogP contribution in [0.15, 0.2) is 0 Å². The van der Waals surface area contributed by atoms with Crippen molar-refractivity contribution in [1.29, 1.82) is 0 Å². The fraction of sp³-hybridized carbons (Fsp3) is 0.875. The van der Waals surface area contributed by atoms with Gasteiger partial charge in [0.1, 0.15) is 0 Å². The average Bonchev–Trinajstić information content (AvgIpc) is 2.06. The molecule has 13 heavy (non-hydrogen) atoms. The fourth-order valence-corrected chi connectivity index (χ4v) is 0.953. The Hall–Kier alpha value is -0.865. The standard InChI is InChI=1S/C8H16O2.BHO2/c1-3-5-6-7(4-2)8(9)10;2-1-3/h7H,3-6H2,1-2H3,(H,9,10);2H. The first kappa shape index (κ1) is 14.6. The number of hydrogen-bond donors (Lipinski definition) is 2. The van der Waals surface area contributed by atoms with Crippen LogP contribution >= 0.6 is 0 Å². The molecule has 0 rings (SSSR count). The van der Waals surface area contributed by atoms with Gasteiger partial charge in [0.25, 0.3) is 0 Å². The van der Waals surface area contributed by atoms with E-state index >= 15 is 0 Å². The van der Waals surface area contributed by atoms with Crippen molar-refractivity contribution < 1.29 is 19.6 Å². The number of aliphatic carboxylic acids is 1. The second-order valence-electron chi connectivity index (χ2n) is 2.69. The molecule has 0 saturated carbocycles. The molecule has 76 valence electrons. The van der Waals surface area contributed by atoms with Gasteiger partial charge in [-0.3, -0.25) is 4.79 Å². The van der Waals surface area contributed by atoms with Crippen LogP contribution in [-0.2, 0) is 9.50 Å². The van der Waals surface area contributed by atoms with Crippen LogP contribution < -0.4 is 0 Å². The van der Waals surface area contributed by atoms with E-state index in [0.29, 0.717) is 0 Å². The molecule has 0 aliphatic heterocycles. The molecule has 1 atom stereocenters. The summed E-state index contributed by atoms with van der Waals surface area (Å²) in [5.41, 5.74) is 0. The van der Waals surface area contributed by atoms with Crippen LogP contribution in [0.5, 0.6) is 0 Å². The molecule has 0 heterocycles. The number of unbranched alkanes of at least 4 members (excludes halogenated alkanes) is 1. The van der Waals surface area contributed by atoms with Gasteiger partial charge in [-0.2, -0.15) is 0 Å². The molecule has 4 nitrogen and oxygen atoms in total. The van der Waals surface area contributed by atoms with Gasteiger partial charge in [-0.05, 0) is 12.8 Å². The molecular weight excluding hydrogens is 171 g/mol. The van der Waals surface area contributed by atoms with E-state index in [1.165, 1.54) is 0 Å². The third-order valence-corrected chi connectivity index (χ3v) is 1.75. The molecule has 0 bridgehead atoms. The maximum atomic E-state index is 10.4. The van der Waals surface area contributed by atoms with E-state index in [4.69, 9.17) is 14.8 Å². The van der Waals surface area contributed by atoms with E-state index in [-0.39, 0.29) is 13.3 Å². The summed E-state index contributed by atoms with van der Waals surface area (Å²) in [7, 11) is -0.250. The van der Waals surface area contributed by atoms with Crippen molar-refractivity contribution in [1.82, 2.24) is 0 Å². The molecule has 0 amide bonds. The second kappa shape index (κ2) is 11.1. The summed E-state index contributed by atoms with van der Waals surface area (Å²) in [5, 5.41) is 15.5. The first-order chi connectivity index (χ1) is 6.13. The molecule has 0 aromatic heterocycles. The van der Waals surface area contributed by atoms with Gasteiger partial charge in [0.15, 0.2) is 0 Å². The Morgan fingerprint density at radius 2 is 1.92 bits per heavy atom. The van der Waals surface area contributed by atoms with Gasteiger partial charge in [0.2, 0.25) is 0 Å². The minimum absolute atomic E-state index is 0.111. The van der Waals surface area contributed by atoms with Crippen LogP contribution in [0.4, 0.5) is 0 Å². The van der Waals surface area contributed by atoms with Gasteiger partial charge in [-0.1, -0.05) is 26.7 Å². The number of carbonyl (C=O) groups is 1. The molecule has 5 heteroatoms. The quantitative estimate of drug-likeness (QED) is 0.636. The first-order valence-electron chi connectivity index (χ1n) is 4.44. The Labute approximate surface area is 79.2 Å². The second-order valence-corrected chi connectivity index (χ2v) is 2.69. The van der Waals surface area contributed by atoms with Crippen LogP contribution in [0.3, 0.4) is 0 Å². The van der Waals surface area contributed by atoms with Crippen LogP contribution in [0.1, 0.15) is 39.5 Å². The van der Waals surface area contributed by atoms with Crippen molar-refractivity contribution >= 4 is 13.3 Å². The molecule has 0 saturated heterocycles. The van der Waals surface area contributed by atoms with E-state index in [0.717, 1.165) is 25.7 Å². The Balaban J connectivity index is 0. The summed E-state index contributed by atoms with van der Waals surface area (Å²) < 4.78 is 8.36. The van der Waals surface area contributed by atoms with Crippen LogP contribution in [0, 0.1) is 5.92 Å². The van der Waals surface area contributed by atoms with Gasteiger partial charge < -0.3 is 5.11 Å². The maximum absolute atomic E-state index is 10.4. The number of hydrogen-bond acceptors (Lipinski definition) is 2. The SMILES string of the molecule is CCCCC(CC)C(=O)O.O=BO. The van der Waals surface area contributed by atoms with Crippen LogP contribution in [0.2, 0.25) is 0 Å². The van der Waals surface area contributed by atoms with Gasteiger partial charge in [-0.25, -0.2) is 0 Å². The average molecular weight is 188 g/mol. The third-order valence-electron chi connectivity index (χ3n) is 1.75. The summed E-state index contributed by atoms with van der Waals surface area (Å²) in [4.78, 5) is 10.4. The van der Waals surface area contributed by atoms with Gasteiger partial charge >= 0.3 is 23.1 Å². The van der Waals surface area contributed by atoms with E-state index in [2.05, 4.69) is 6.92 Å². The predicted molar refractivity (Wildman–Crippen MR) is 49.6 cm³/mol. The van der Waals surface area contributed by atoms with Crippen molar-refractivity contribution in [3.63, 3.8) is 0 Å².